The van der Waals surface area contributed by atoms with E-state index in [0.29, 0.717) is 89.5 Å². The van der Waals surface area contributed by atoms with E-state index < -0.39 is 83.6 Å². The molecule has 0 aliphatic carbocycles. The van der Waals surface area contributed by atoms with Gasteiger partial charge in [0.25, 0.3) is 0 Å². The van der Waals surface area contributed by atoms with Gasteiger partial charge in [-0.2, -0.15) is 0 Å². The normalized spacial score (nSPS) is 14.1. The van der Waals surface area contributed by atoms with Crippen molar-refractivity contribution in [2.24, 2.45) is 34.4 Å². The molecule has 70 heavy (non-hydrogen) atoms. The highest BCUT2D eigenvalue weighted by Crippen LogP contribution is 2.12. The highest BCUT2D eigenvalue weighted by Gasteiger charge is 2.34. The van der Waals surface area contributed by atoms with Gasteiger partial charge in [-0.05, 0) is 113 Å². The summed E-state index contributed by atoms with van der Waals surface area (Å²) in [6, 6.07) is 19.2. The van der Waals surface area contributed by atoms with E-state index in [0.717, 1.165) is 11.1 Å². The van der Waals surface area contributed by atoms with Crippen LogP contribution in [0.3, 0.4) is 0 Å². The molecule has 18 N–H and O–H groups in total. The van der Waals surface area contributed by atoms with E-state index >= 15 is 0 Å². The van der Waals surface area contributed by atoms with Gasteiger partial charge < -0.3 is 66.3 Å². The number of primary amides is 1. The van der Waals surface area contributed by atoms with Crippen molar-refractivity contribution < 1.29 is 33.6 Å². The third kappa shape index (κ3) is 22.0. The summed E-state index contributed by atoms with van der Waals surface area (Å²) in [4.78, 5) is 97.1. The maximum atomic E-state index is 14.5. The number of amides is 7. The highest BCUT2D eigenvalue weighted by atomic mass is 16.2. The molecule has 0 aliphatic heterocycles. The first-order valence-corrected chi connectivity index (χ1v) is 24.6. The number of nitrogens with two attached hydrogens (primary N) is 6. The summed E-state index contributed by atoms with van der Waals surface area (Å²) >= 11 is 0. The Morgan fingerprint density at radius 1 is 0.343 bits per heavy atom. The van der Waals surface area contributed by atoms with Gasteiger partial charge in [0.05, 0.1) is 6.04 Å². The van der Waals surface area contributed by atoms with E-state index in [1.54, 1.807) is 48.5 Å². The first-order chi connectivity index (χ1) is 33.8. The summed E-state index contributed by atoms with van der Waals surface area (Å²) in [6.45, 7) is 1.50. The minimum atomic E-state index is -1.26. The van der Waals surface area contributed by atoms with Gasteiger partial charge in [-0.15, -0.1) is 0 Å². The quantitative estimate of drug-likeness (QED) is 0.0346. The minimum absolute atomic E-state index is 0.00541. The van der Waals surface area contributed by atoms with Gasteiger partial charge in [0, 0.05) is 19.3 Å². The average molecular weight is 971 g/mol. The van der Waals surface area contributed by atoms with Crippen LogP contribution in [0.4, 0.5) is 0 Å². The van der Waals surface area contributed by atoms with Gasteiger partial charge in [0.1, 0.15) is 36.3 Å². The Kier molecular flexibility index (Phi) is 27.6. The smallest absolute Gasteiger partial charge is 0.243 e. The molecule has 0 fully saturated rings. The average Bonchev–Trinajstić information content (AvgIpc) is 3.35. The number of unbranched alkanes of at least 4 members (excludes halogenated alkanes) is 4. The van der Waals surface area contributed by atoms with Crippen molar-refractivity contribution in [3.8, 4) is 0 Å². The van der Waals surface area contributed by atoms with Gasteiger partial charge in [-0.25, -0.2) is 0 Å². The SMILES string of the molecule is NCCCC[C@H](NC(=O)[C@H](Cc1ccccc1)NC(=O)[C@H](CCCCN)NC(=O)[C@H](Cc1ccccc1)NC(=O)[C@H](CCCCN)NC(=O)[C@H](Cc1ccccc1)NC(=O)[C@@H](N)CCCCN)C(N)=O. The molecule has 0 unspecified atom stereocenters. The second-order valence-electron chi connectivity index (χ2n) is 17.6. The Labute approximate surface area is 412 Å². The van der Waals surface area contributed by atoms with Gasteiger partial charge in [-0.3, -0.25) is 33.6 Å². The fourth-order valence-corrected chi connectivity index (χ4v) is 7.76. The molecule has 19 heteroatoms. The highest BCUT2D eigenvalue weighted by molar-refractivity contribution is 5.97. The van der Waals surface area contributed by atoms with E-state index in [2.05, 4.69) is 31.9 Å². The lowest BCUT2D eigenvalue weighted by atomic mass is 10.0. The lowest BCUT2D eigenvalue weighted by Gasteiger charge is -2.28. The van der Waals surface area contributed by atoms with Crippen molar-refractivity contribution in [2.45, 2.75) is 139 Å². The van der Waals surface area contributed by atoms with Crippen molar-refractivity contribution in [2.75, 3.05) is 26.2 Å². The van der Waals surface area contributed by atoms with Crippen LogP contribution in [0.25, 0.3) is 0 Å². The Morgan fingerprint density at radius 2 is 0.600 bits per heavy atom. The Bertz CT molecular complexity index is 2030. The zero-order chi connectivity index (χ0) is 51.1. The molecule has 0 saturated carbocycles. The zero-order valence-electron chi connectivity index (χ0n) is 40.5. The van der Waals surface area contributed by atoms with Gasteiger partial charge in [-0.1, -0.05) is 97.4 Å². The number of carbonyl (C=O) groups excluding carboxylic acids is 7. The van der Waals surface area contributed by atoms with Crippen LogP contribution in [-0.4, -0.2) is 110 Å². The van der Waals surface area contributed by atoms with Crippen molar-refractivity contribution in [1.82, 2.24) is 31.9 Å². The molecule has 0 aromatic heterocycles. The van der Waals surface area contributed by atoms with E-state index in [1.165, 1.54) is 0 Å². The summed E-state index contributed by atoms with van der Waals surface area (Å²) in [5.74, 6) is -4.59. The van der Waals surface area contributed by atoms with Crippen LogP contribution < -0.4 is 66.3 Å². The molecule has 3 aromatic carbocycles. The molecule has 0 spiro atoms. The lowest BCUT2D eigenvalue weighted by molar-refractivity contribution is -0.135. The van der Waals surface area contributed by atoms with Crippen molar-refractivity contribution in [3.63, 3.8) is 0 Å². The molecule has 3 aromatic rings. The zero-order valence-corrected chi connectivity index (χ0v) is 40.5. The van der Waals surface area contributed by atoms with Crippen LogP contribution in [0.2, 0.25) is 0 Å². The lowest BCUT2D eigenvalue weighted by Crippen LogP contribution is -2.60. The third-order valence-electron chi connectivity index (χ3n) is 11.8. The van der Waals surface area contributed by atoms with E-state index in [1.807, 2.05) is 42.5 Å². The molecule has 19 nitrogen and oxygen atoms in total. The number of rotatable bonds is 35. The minimum Gasteiger partial charge on any atom is -0.368 e. The first kappa shape index (κ1) is 58.1. The molecule has 7 amide bonds. The molecule has 0 heterocycles. The van der Waals surface area contributed by atoms with Crippen LogP contribution in [0.1, 0.15) is 93.7 Å². The molecular weight excluding hydrogens is 893 g/mol. The summed E-state index contributed by atoms with van der Waals surface area (Å²) in [7, 11) is 0. The second kappa shape index (κ2) is 33.3. The molecule has 0 saturated heterocycles. The number of hydrogen-bond donors (Lipinski definition) is 12. The van der Waals surface area contributed by atoms with Crippen LogP contribution in [-0.2, 0) is 52.8 Å². The van der Waals surface area contributed by atoms with Crippen LogP contribution in [0, 0.1) is 0 Å². The van der Waals surface area contributed by atoms with Crippen LogP contribution >= 0.6 is 0 Å². The molecule has 0 radical (unpaired) electrons. The molecular formula is C51H78N12O7. The van der Waals surface area contributed by atoms with Gasteiger partial charge >= 0.3 is 0 Å². The fraction of sp³-hybridized carbons (Fsp3) is 0.510. The van der Waals surface area contributed by atoms with Crippen molar-refractivity contribution in [1.29, 1.82) is 0 Å². The van der Waals surface area contributed by atoms with Crippen LogP contribution in [0.5, 0.6) is 0 Å². The van der Waals surface area contributed by atoms with E-state index in [-0.39, 0.29) is 38.5 Å². The van der Waals surface area contributed by atoms with Crippen molar-refractivity contribution in [3.05, 3.63) is 108 Å². The number of carbonyl (C=O) groups is 7. The summed E-state index contributed by atoms with van der Waals surface area (Å²) in [6.07, 6.45) is 5.46. The standard InChI is InChI=1S/C51H78N12O7/c52-28-14-10-24-38(56)46(65)61-42(32-35-18-4-1-5-19-35)50(69)59-40(26-12-16-30-54)48(67)63-44(34-37-22-8-3-9-23-37)51(70)60-41(27-13-17-31-55)47(66)62-43(33-36-20-6-2-7-21-36)49(68)58-39(45(57)64)25-11-15-29-53/h1-9,18-23,38-44H,10-17,24-34,52-56H2,(H2,57,64)(H,58,68)(H,59,69)(H,60,70)(H,61,65)(H,62,66)(H,63,67)/t38-,39-,40-,41-,42-,43-,44-/m0/s1. The van der Waals surface area contributed by atoms with E-state index in [4.69, 9.17) is 34.4 Å². The first-order valence-electron chi connectivity index (χ1n) is 24.6. The molecule has 0 bridgehead atoms. The van der Waals surface area contributed by atoms with Crippen molar-refractivity contribution >= 4 is 41.4 Å². The number of hydrogen-bond acceptors (Lipinski definition) is 12. The summed E-state index contributed by atoms with van der Waals surface area (Å²) in [5.41, 5.74) is 37.0. The largest absolute Gasteiger partial charge is 0.368 e. The summed E-state index contributed by atoms with van der Waals surface area (Å²) < 4.78 is 0. The second-order valence-corrected chi connectivity index (χ2v) is 17.6. The third-order valence-corrected chi connectivity index (χ3v) is 11.8. The van der Waals surface area contributed by atoms with E-state index in [9.17, 15) is 33.6 Å². The van der Waals surface area contributed by atoms with Gasteiger partial charge in [0.2, 0.25) is 41.4 Å². The van der Waals surface area contributed by atoms with Crippen LogP contribution in [0.15, 0.2) is 91.0 Å². The maximum absolute atomic E-state index is 14.5. The Morgan fingerprint density at radius 3 is 0.914 bits per heavy atom. The topological polar surface area (TPSA) is 348 Å². The fourth-order valence-electron chi connectivity index (χ4n) is 7.76. The molecule has 3 rings (SSSR count). The summed E-state index contributed by atoms with van der Waals surface area (Å²) in [5, 5.41) is 16.8. The Balaban J connectivity index is 1.94. The van der Waals surface area contributed by atoms with Gasteiger partial charge in [0.15, 0.2) is 0 Å². The monoisotopic (exact) mass is 971 g/mol. The molecule has 7 atom stereocenters. The predicted molar refractivity (Wildman–Crippen MR) is 271 cm³/mol. The number of nitrogens with one attached hydrogen (secondary N) is 6. The maximum Gasteiger partial charge on any atom is 0.243 e. The molecule has 0 aliphatic rings. The number of benzene rings is 3. The Hall–Kier alpha value is -6.25. The predicted octanol–water partition coefficient (Wildman–Crippen LogP) is -0.0481. The molecule has 384 valence electrons.